The molecule has 0 aromatic heterocycles. The molecule has 6 nitrogen and oxygen atoms in total. The van der Waals surface area contributed by atoms with Crippen LogP contribution in [0, 0.1) is 18.7 Å². The summed E-state index contributed by atoms with van der Waals surface area (Å²) in [6, 6.07) is 5.27. The molecule has 2 fully saturated rings. The highest BCUT2D eigenvalue weighted by Gasteiger charge is 2.31. The Morgan fingerprint density at radius 1 is 1.13 bits per heavy atom. The van der Waals surface area contributed by atoms with Crippen molar-refractivity contribution >= 4 is 17.6 Å². The van der Waals surface area contributed by atoms with Gasteiger partial charge in [-0.25, -0.2) is 9.18 Å². The highest BCUT2D eigenvalue weighted by molar-refractivity contribution is 5.80. The molecule has 30 heavy (non-hydrogen) atoms. The average Bonchev–Trinajstić information content (AvgIpc) is 2.76. The van der Waals surface area contributed by atoms with Crippen molar-refractivity contribution in [3.8, 4) is 0 Å². The molecule has 0 spiro atoms. The number of halogens is 1. The smallest absolute Gasteiger partial charge is 0.319 e. The van der Waals surface area contributed by atoms with E-state index in [2.05, 4.69) is 5.32 Å². The van der Waals surface area contributed by atoms with E-state index in [-0.39, 0.29) is 29.7 Å². The van der Waals surface area contributed by atoms with E-state index in [9.17, 15) is 14.0 Å². The average molecular weight is 419 g/mol. The fourth-order valence-electron chi connectivity index (χ4n) is 4.52. The number of anilines is 1. The van der Waals surface area contributed by atoms with Crippen LogP contribution in [-0.4, -0.2) is 67.0 Å². The zero-order valence-corrected chi connectivity index (χ0v) is 18.5. The predicted molar refractivity (Wildman–Crippen MR) is 117 cm³/mol. The number of carbonyl (C=O) groups is 2. The summed E-state index contributed by atoms with van der Waals surface area (Å²) < 4.78 is 14.3. The van der Waals surface area contributed by atoms with Crippen molar-refractivity contribution < 1.29 is 14.0 Å². The number of likely N-dealkylation sites (tertiary alicyclic amines) is 1. The molecule has 2 aliphatic rings. The molecule has 2 saturated heterocycles. The number of nitrogens with one attached hydrogen (secondary N) is 1. The Morgan fingerprint density at radius 2 is 1.83 bits per heavy atom. The van der Waals surface area contributed by atoms with E-state index in [4.69, 9.17) is 0 Å². The molecular weight excluding hydrogens is 383 g/mol. The highest BCUT2D eigenvalue weighted by Crippen LogP contribution is 2.25. The number of aryl methyl sites for hydroxylation is 1. The lowest BCUT2D eigenvalue weighted by molar-refractivity contribution is -0.127. The first kappa shape index (κ1) is 22.4. The Bertz CT molecular complexity index is 745. The molecule has 1 atom stereocenters. The van der Waals surface area contributed by atoms with Crippen LogP contribution < -0.4 is 10.2 Å². The predicted octanol–water partition coefficient (Wildman–Crippen LogP) is 3.39. The minimum absolute atomic E-state index is 0.0292. The lowest BCUT2D eigenvalue weighted by atomic mass is 9.95. The number of urea groups is 1. The molecule has 1 N–H and O–H groups in total. The topological polar surface area (TPSA) is 55.9 Å². The summed E-state index contributed by atoms with van der Waals surface area (Å²) in [5.41, 5.74) is 1.65. The van der Waals surface area contributed by atoms with Gasteiger partial charge in [0, 0.05) is 51.2 Å². The Labute approximate surface area is 179 Å². The molecule has 1 aromatic rings. The molecule has 0 bridgehead atoms. The van der Waals surface area contributed by atoms with E-state index in [1.165, 1.54) is 6.07 Å². The van der Waals surface area contributed by atoms with Crippen molar-refractivity contribution in [1.82, 2.24) is 15.1 Å². The number of amides is 3. The molecule has 1 aromatic carbocycles. The third kappa shape index (κ3) is 5.24. The maximum absolute atomic E-state index is 14.3. The number of carbonyl (C=O) groups excluding carboxylic acids is 2. The summed E-state index contributed by atoms with van der Waals surface area (Å²) >= 11 is 0. The maximum atomic E-state index is 14.3. The van der Waals surface area contributed by atoms with Crippen molar-refractivity contribution in [2.75, 3.05) is 44.2 Å². The molecule has 7 heteroatoms. The van der Waals surface area contributed by atoms with Gasteiger partial charge in [-0.1, -0.05) is 6.07 Å². The van der Waals surface area contributed by atoms with Crippen molar-refractivity contribution in [3.05, 3.63) is 29.6 Å². The van der Waals surface area contributed by atoms with Crippen molar-refractivity contribution in [3.63, 3.8) is 0 Å². The number of nitrogens with zero attached hydrogens (tertiary/aromatic N) is 3. The van der Waals surface area contributed by atoms with E-state index in [0.29, 0.717) is 51.3 Å². The van der Waals surface area contributed by atoms with Gasteiger partial charge < -0.3 is 20.0 Å². The van der Waals surface area contributed by atoms with Gasteiger partial charge >= 0.3 is 6.03 Å². The Hall–Kier alpha value is -2.31. The third-order valence-electron chi connectivity index (χ3n) is 6.38. The van der Waals surface area contributed by atoms with Crippen LogP contribution in [0.5, 0.6) is 0 Å². The van der Waals surface area contributed by atoms with Crippen molar-refractivity contribution in [2.24, 2.45) is 5.92 Å². The van der Waals surface area contributed by atoms with E-state index in [1.807, 2.05) is 41.5 Å². The summed E-state index contributed by atoms with van der Waals surface area (Å²) in [6.45, 7) is 10.0. The minimum atomic E-state index is -0.210. The largest absolute Gasteiger partial charge is 0.367 e. The molecule has 166 valence electrons. The fourth-order valence-corrected chi connectivity index (χ4v) is 4.52. The van der Waals surface area contributed by atoms with E-state index < -0.39 is 0 Å². The standard InChI is InChI=1S/C23H35FN4O2/c1-4-26(5-2)23(30)27-13-10-18(11-14-27)22(29)25-19-7-6-12-28(16-19)21-15-17(3)8-9-20(21)24/h8-9,15,18-19H,4-7,10-14,16H2,1-3H3,(H,25,29). The summed E-state index contributed by atoms with van der Waals surface area (Å²) in [5.74, 6) is -0.198. The summed E-state index contributed by atoms with van der Waals surface area (Å²) in [7, 11) is 0. The zero-order valence-electron chi connectivity index (χ0n) is 18.5. The highest BCUT2D eigenvalue weighted by atomic mass is 19.1. The normalized spacial score (nSPS) is 20.2. The number of hydrogen-bond acceptors (Lipinski definition) is 3. The number of rotatable bonds is 5. The Balaban J connectivity index is 1.51. The maximum Gasteiger partial charge on any atom is 0.319 e. The van der Waals surface area contributed by atoms with Gasteiger partial charge in [-0.15, -0.1) is 0 Å². The third-order valence-corrected chi connectivity index (χ3v) is 6.38. The molecule has 0 aliphatic carbocycles. The summed E-state index contributed by atoms with van der Waals surface area (Å²) in [6.07, 6.45) is 3.23. The van der Waals surface area contributed by atoms with Crippen LogP contribution in [0.1, 0.15) is 45.1 Å². The van der Waals surface area contributed by atoms with E-state index >= 15 is 0 Å². The molecule has 1 unspecified atom stereocenters. The second kappa shape index (κ2) is 10.1. The van der Waals surface area contributed by atoms with Crippen LogP contribution >= 0.6 is 0 Å². The van der Waals surface area contributed by atoms with Gasteiger partial charge in [-0.3, -0.25) is 4.79 Å². The first-order valence-corrected chi connectivity index (χ1v) is 11.3. The second-order valence-corrected chi connectivity index (χ2v) is 8.46. The minimum Gasteiger partial charge on any atom is -0.367 e. The van der Waals surface area contributed by atoms with Gasteiger partial charge in [-0.05, 0) is 64.2 Å². The molecule has 2 heterocycles. The fraction of sp³-hybridized carbons (Fsp3) is 0.652. The van der Waals surface area contributed by atoms with Crippen LogP contribution in [0.3, 0.4) is 0 Å². The zero-order chi connectivity index (χ0) is 21.7. The molecular formula is C23H35FN4O2. The van der Waals surface area contributed by atoms with Gasteiger partial charge in [0.2, 0.25) is 5.91 Å². The Morgan fingerprint density at radius 3 is 2.50 bits per heavy atom. The summed E-state index contributed by atoms with van der Waals surface area (Å²) in [4.78, 5) is 31.1. The van der Waals surface area contributed by atoms with Crippen molar-refractivity contribution in [1.29, 1.82) is 0 Å². The van der Waals surface area contributed by atoms with E-state index in [0.717, 1.165) is 24.9 Å². The summed E-state index contributed by atoms with van der Waals surface area (Å²) in [5, 5.41) is 3.19. The number of benzene rings is 1. The first-order chi connectivity index (χ1) is 14.4. The van der Waals surface area contributed by atoms with Gasteiger partial charge in [0.15, 0.2) is 0 Å². The monoisotopic (exact) mass is 418 g/mol. The van der Waals surface area contributed by atoms with Crippen LogP contribution in [-0.2, 0) is 4.79 Å². The van der Waals surface area contributed by atoms with Gasteiger partial charge in [0.1, 0.15) is 5.82 Å². The lowest BCUT2D eigenvalue weighted by Gasteiger charge is -2.37. The molecule has 0 saturated carbocycles. The Kier molecular flexibility index (Phi) is 7.56. The molecule has 2 aliphatic heterocycles. The van der Waals surface area contributed by atoms with Crippen LogP contribution in [0.4, 0.5) is 14.9 Å². The SMILES string of the molecule is CCN(CC)C(=O)N1CCC(C(=O)NC2CCCN(c3cc(C)ccc3F)C2)CC1. The molecule has 0 radical (unpaired) electrons. The molecule has 3 amide bonds. The molecule has 3 rings (SSSR count). The number of piperidine rings is 2. The van der Waals surface area contributed by atoms with E-state index in [1.54, 1.807) is 6.07 Å². The van der Waals surface area contributed by atoms with Crippen LogP contribution in [0.2, 0.25) is 0 Å². The first-order valence-electron chi connectivity index (χ1n) is 11.3. The van der Waals surface area contributed by atoms with Gasteiger partial charge in [-0.2, -0.15) is 0 Å². The second-order valence-electron chi connectivity index (χ2n) is 8.46. The van der Waals surface area contributed by atoms with Crippen LogP contribution in [0.25, 0.3) is 0 Å². The quantitative estimate of drug-likeness (QED) is 0.798. The van der Waals surface area contributed by atoms with Crippen molar-refractivity contribution in [2.45, 2.75) is 52.5 Å². The number of hydrogen-bond donors (Lipinski definition) is 1. The van der Waals surface area contributed by atoms with Crippen LogP contribution in [0.15, 0.2) is 18.2 Å². The lowest BCUT2D eigenvalue weighted by Crippen LogP contribution is -2.52. The van der Waals surface area contributed by atoms with Gasteiger partial charge in [0.25, 0.3) is 0 Å². The van der Waals surface area contributed by atoms with Gasteiger partial charge in [0.05, 0.1) is 5.69 Å².